The number of likely N-dealkylation sites (N-methyl/N-ethyl adjacent to an activating group) is 1. The van der Waals surface area contributed by atoms with Gasteiger partial charge in [0.25, 0.3) is 6.29 Å². The molecule has 2 unspecified atom stereocenters. The van der Waals surface area contributed by atoms with E-state index in [0.29, 0.717) is 23.9 Å². The van der Waals surface area contributed by atoms with Crippen LogP contribution in [0.3, 0.4) is 0 Å². The van der Waals surface area contributed by atoms with Crippen LogP contribution in [-0.4, -0.2) is 87.4 Å². The van der Waals surface area contributed by atoms with Crippen molar-refractivity contribution in [3.05, 3.63) is 60.8 Å². The Balaban J connectivity index is 4.15. The fraction of sp³-hybridized carbons (Fsp3) is 0.783. The molecule has 0 aliphatic rings. The highest BCUT2D eigenvalue weighted by Gasteiger charge is 2.25. The number of carbonyl (C=O) groups is 3. The molecule has 0 bridgehead atoms. The molecule has 0 amide bonds. The summed E-state index contributed by atoms with van der Waals surface area (Å²) in [5.74, 6) is -2.02. The average molecular weight is 972 g/mol. The zero-order chi connectivity index (χ0) is 50.6. The van der Waals surface area contributed by atoms with Crippen LogP contribution in [0.4, 0.5) is 0 Å². The number of unbranched alkanes of at least 4 members (excludes halogenated alkanes) is 27. The van der Waals surface area contributed by atoms with E-state index >= 15 is 0 Å². The molecule has 0 fully saturated rings. The lowest BCUT2D eigenvalue weighted by Gasteiger charge is -2.25. The van der Waals surface area contributed by atoms with Gasteiger partial charge in [-0.2, -0.15) is 0 Å². The minimum absolute atomic E-state index is 0.183. The maximum absolute atomic E-state index is 12.8. The Labute approximate surface area is 425 Å². The lowest BCUT2D eigenvalue weighted by atomic mass is 10.0. The summed E-state index contributed by atoms with van der Waals surface area (Å²) >= 11 is 0. The molecular weight excluding hydrogens is 863 g/mol. The second-order valence-corrected chi connectivity index (χ2v) is 20.2. The van der Waals surface area contributed by atoms with E-state index in [1.165, 1.54) is 135 Å². The molecule has 0 saturated carbocycles. The molecule has 9 heteroatoms. The van der Waals surface area contributed by atoms with Crippen molar-refractivity contribution in [3.8, 4) is 0 Å². The second-order valence-electron chi connectivity index (χ2n) is 20.2. The van der Waals surface area contributed by atoms with Crippen molar-refractivity contribution in [2.75, 3.05) is 47.5 Å². The smallest absolute Gasteiger partial charge is 0.361 e. The van der Waals surface area contributed by atoms with Crippen molar-refractivity contribution < 1.29 is 42.9 Å². The second kappa shape index (κ2) is 51.3. The number of allylic oxidation sites excluding steroid dienone is 10. The molecular formula is C60H108NO8+. The Hall–Kier alpha value is -3.01. The zero-order valence-electron chi connectivity index (χ0n) is 45.5. The molecule has 0 aromatic carbocycles. The van der Waals surface area contributed by atoms with E-state index in [9.17, 15) is 19.5 Å². The first-order valence-electron chi connectivity index (χ1n) is 28.5. The van der Waals surface area contributed by atoms with Crippen molar-refractivity contribution in [2.45, 2.75) is 257 Å². The predicted octanol–water partition coefficient (Wildman–Crippen LogP) is 16.5. The van der Waals surface area contributed by atoms with Gasteiger partial charge in [0.15, 0.2) is 6.10 Å². The van der Waals surface area contributed by atoms with E-state index in [1.807, 2.05) is 21.1 Å². The van der Waals surface area contributed by atoms with Gasteiger partial charge in [0.05, 0.1) is 34.4 Å². The third kappa shape index (κ3) is 52.6. The number of carboxylic acids is 1. The van der Waals surface area contributed by atoms with E-state index in [2.05, 4.69) is 74.6 Å². The third-order valence-electron chi connectivity index (χ3n) is 12.3. The largest absolute Gasteiger partial charge is 0.477 e. The molecule has 2 atom stereocenters. The minimum atomic E-state index is -1.52. The number of quaternary nitrogens is 1. The molecule has 0 aliphatic carbocycles. The molecule has 1 N–H and O–H groups in total. The molecule has 400 valence electrons. The topological polar surface area (TPSA) is 108 Å². The number of esters is 2. The molecule has 69 heavy (non-hydrogen) atoms. The Morgan fingerprint density at radius 2 is 0.826 bits per heavy atom. The third-order valence-corrected chi connectivity index (χ3v) is 12.3. The number of carboxylic acid groups (broad SMARTS) is 1. The Morgan fingerprint density at radius 3 is 1.23 bits per heavy atom. The van der Waals surface area contributed by atoms with E-state index in [-0.39, 0.29) is 32.2 Å². The van der Waals surface area contributed by atoms with Gasteiger partial charge in [-0.25, -0.2) is 4.79 Å². The highest BCUT2D eigenvalue weighted by molar-refractivity contribution is 5.71. The van der Waals surface area contributed by atoms with Gasteiger partial charge in [0, 0.05) is 12.8 Å². The van der Waals surface area contributed by atoms with Gasteiger partial charge in [-0.1, -0.05) is 216 Å². The number of ether oxygens (including phenoxy) is 4. The van der Waals surface area contributed by atoms with Crippen LogP contribution in [0.15, 0.2) is 60.8 Å². The van der Waals surface area contributed by atoms with Crippen LogP contribution in [0.1, 0.15) is 245 Å². The molecule has 0 aliphatic heterocycles. The van der Waals surface area contributed by atoms with E-state index in [1.54, 1.807) is 0 Å². The normalized spacial score (nSPS) is 13.2. The van der Waals surface area contributed by atoms with Gasteiger partial charge in [-0.05, 0) is 77.0 Å². The highest BCUT2D eigenvalue weighted by Crippen LogP contribution is 2.16. The quantitative estimate of drug-likeness (QED) is 0.0211. The van der Waals surface area contributed by atoms with Crippen LogP contribution in [-0.2, 0) is 33.3 Å². The van der Waals surface area contributed by atoms with Crippen molar-refractivity contribution in [1.82, 2.24) is 0 Å². The van der Waals surface area contributed by atoms with Gasteiger partial charge in [0.1, 0.15) is 13.2 Å². The van der Waals surface area contributed by atoms with Crippen LogP contribution in [0, 0.1) is 0 Å². The molecule has 0 aromatic rings. The Bertz CT molecular complexity index is 1310. The van der Waals surface area contributed by atoms with E-state index in [0.717, 1.165) is 77.0 Å². The fourth-order valence-electron chi connectivity index (χ4n) is 7.88. The predicted molar refractivity (Wildman–Crippen MR) is 290 cm³/mol. The number of hydrogen-bond acceptors (Lipinski definition) is 7. The first-order valence-corrected chi connectivity index (χ1v) is 28.5. The van der Waals surface area contributed by atoms with Crippen molar-refractivity contribution in [2.24, 2.45) is 0 Å². The lowest BCUT2D eigenvalue weighted by molar-refractivity contribution is -0.870. The Morgan fingerprint density at radius 1 is 0.449 bits per heavy atom. The van der Waals surface area contributed by atoms with Crippen LogP contribution in [0.5, 0.6) is 0 Å². The Kier molecular flexibility index (Phi) is 49.1. The average Bonchev–Trinajstić information content (AvgIpc) is 3.31. The molecule has 0 spiro atoms. The summed E-state index contributed by atoms with van der Waals surface area (Å²) in [5.41, 5.74) is 0. The zero-order valence-corrected chi connectivity index (χ0v) is 45.5. The monoisotopic (exact) mass is 971 g/mol. The SMILES string of the molecule is CC/C=C\C/C=C\C/C=C\CCCCCCCC(=O)OC(COC(=O)CCCCCCCCCCCCCCCCCCC/C=C\C/C=C\CCCCCCC)COC(OCC[N+](C)(C)C)C(=O)O. The summed E-state index contributed by atoms with van der Waals surface area (Å²) in [4.78, 5) is 37.3. The molecule has 9 nitrogen and oxygen atoms in total. The van der Waals surface area contributed by atoms with Crippen LogP contribution >= 0.6 is 0 Å². The van der Waals surface area contributed by atoms with Gasteiger partial charge in [0.2, 0.25) is 0 Å². The molecule has 0 rings (SSSR count). The molecule has 0 aromatic heterocycles. The van der Waals surface area contributed by atoms with Crippen LogP contribution < -0.4 is 0 Å². The summed E-state index contributed by atoms with van der Waals surface area (Å²) in [6, 6.07) is 0. The summed E-state index contributed by atoms with van der Waals surface area (Å²) in [6.07, 6.45) is 61.6. The first-order chi connectivity index (χ1) is 33.6. The number of nitrogens with zero attached hydrogens (tertiary/aromatic N) is 1. The molecule has 0 heterocycles. The fourth-order valence-corrected chi connectivity index (χ4v) is 7.88. The molecule has 0 saturated heterocycles. The van der Waals surface area contributed by atoms with Crippen LogP contribution in [0.25, 0.3) is 0 Å². The van der Waals surface area contributed by atoms with Crippen molar-refractivity contribution in [3.63, 3.8) is 0 Å². The summed E-state index contributed by atoms with van der Waals surface area (Å²) in [6.45, 7) is 4.75. The summed E-state index contributed by atoms with van der Waals surface area (Å²) < 4.78 is 22.8. The molecule has 0 radical (unpaired) electrons. The van der Waals surface area contributed by atoms with E-state index in [4.69, 9.17) is 18.9 Å². The van der Waals surface area contributed by atoms with Gasteiger partial charge in [-0.3, -0.25) is 9.59 Å². The number of aliphatic carboxylic acids is 1. The number of hydrogen-bond donors (Lipinski definition) is 1. The first kappa shape index (κ1) is 66.0. The maximum Gasteiger partial charge on any atom is 0.361 e. The summed E-state index contributed by atoms with van der Waals surface area (Å²) in [7, 11) is 5.96. The van der Waals surface area contributed by atoms with Gasteiger partial charge in [-0.15, -0.1) is 0 Å². The van der Waals surface area contributed by atoms with Gasteiger partial charge >= 0.3 is 17.9 Å². The number of carbonyl (C=O) groups excluding carboxylic acids is 2. The van der Waals surface area contributed by atoms with Crippen LogP contribution in [0.2, 0.25) is 0 Å². The van der Waals surface area contributed by atoms with Gasteiger partial charge < -0.3 is 28.5 Å². The lowest BCUT2D eigenvalue weighted by Crippen LogP contribution is -2.40. The number of rotatable bonds is 52. The van der Waals surface area contributed by atoms with Crippen molar-refractivity contribution in [1.29, 1.82) is 0 Å². The minimum Gasteiger partial charge on any atom is -0.477 e. The standard InChI is InChI=1S/C60H107NO8/c1-6-8-10-12-14-16-18-20-22-23-24-25-26-27-28-29-30-31-32-33-34-35-37-38-40-42-44-46-48-50-57(62)67-54-56(55-68-60(59(64)65)66-53-52-61(3,4)5)69-58(63)51-49-47-45-43-41-39-36-21-19-17-15-13-11-9-7-2/h9,11,15,17-18,20-21,23-24,36,56,60H,6-8,10,12-14,16,19,22,25-35,37-55H2,1-5H3/p+1/b11-9-,17-15-,20-18-,24-23-,36-21-. The summed E-state index contributed by atoms with van der Waals surface area (Å²) in [5, 5.41) is 9.68. The van der Waals surface area contributed by atoms with Crippen molar-refractivity contribution >= 4 is 17.9 Å². The maximum atomic E-state index is 12.8. The van der Waals surface area contributed by atoms with E-state index < -0.39 is 24.3 Å². The highest BCUT2D eigenvalue weighted by atomic mass is 16.7.